The second kappa shape index (κ2) is 5.71. The zero-order chi connectivity index (χ0) is 13.1. The number of carbonyl (C=O) groups excluding carboxylic acids is 1. The third kappa shape index (κ3) is 2.84. The quantitative estimate of drug-likeness (QED) is 0.893. The monoisotopic (exact) mass is 311 g/mol. The first kappa shape index (κ1) is 13.4. The average Bonchev–Trinajstić information content (AvgIpc) is 2.38. The van der Waals surface area contributed by atoms with E-state index in [-0.39, 0.29) is 5.91 Å². The van der Waals surface area contributed by atoms with Crippen LogP contribution < -0.4 is 16.4 Å². The lowest BCUT2D eigenvalue weighted by molar-refractivity contribution is 0.100. The first-order valence-corrected chi connectivity index (χ1v) is 6.95. The fraction of sp³-hybridized carbons (Fsp3) is 0.462. The average molecular weight is 312 g/mol. The van der Waals surface area contributed by atoms with Crippen LogP contribution in [0, 0.1) is 5.92 Å². The minimum atomic E-state index is -0.382. The summed E-state index contributed by atoms with van der Waals surface area (Å²) in [7, 11) is 0. The van der Waals surface area contributed by atoms with Crippen molar-refractivity contribution in [3.05, 3.63) is 28.2 Å². The Kier molecular flexibility index (Phi) is 4.24. The Morgan fingerprint density at radius 2 is 2.28 bits per heavy atom. The van der Waals surface area contributed by atoms with Gasteiger partial charge in [0.2, 0.25) is 0 Å². The van der Waals surface area contributed by atoms with E-state index in [1.54, 1.807) is 6.07 Å². The zero-order valence-electron chi connectivity index (χ0n) is 10.2. The Morgan fingerprint density at radius 3 is 2.94 bits per heavy atom. The van der Waals surface area contributed by atoms with Crippen molar-refractivity contribution in [1.29, 1.82) is 0 Å². The highest BCUT2D eigenvalue weighted by Crippen LogP contribution is 2.28. The number of benzene rings is 1. The third-order valence-electron chi connectivity index (χ3n) is 3.42. The molecule has 1 aromatic carbocycles. The fourth-order valence-electron chi connectivity index (χ4n) is 2.45. The van der Waals surface area contributed by atoms with Crippen LogP contribution in [0.2, 0.25) is 0 Å². The van der Waals surface area contributed by atoms with Crippen LogP contribution in [-0.2, 0) is 0 Å². The van der Waals surface area contributed by atoms with Gasteiger partial charge in [0.25, 0.3) is 5.91 Å². The fourth-order valence-corrected chi connectivity index (χ4v) is 2.80. The highest BCUT2D eigenvalue weighted by molar-refractivity contribution is 9.10. The molecule has 0 saturated carbocycles. The van der Waals surface area contributed by atoms with Crippen LogP contribution in [0.4, 0.5) is 5.69 Å². The summed E-state index contributed by atoms with van der Waals surface area (Å²) in [4.78, 5) is 13.7. The largest absolute Gasteiger partial charge is 0.371 e. The Morgan fingerprint density at radius 1 is 1.50 bits per heavy atom. The summed E-state index contributed by atoms with van der Waals surface area (Å²) in [6.45, 7) is 2.54. The molecule has 1 saturated heterocycles. The van der Waals surface area contributed by atoms with Gasteiger partial charge in [0, 0.05) is 17.6 Å². The lowest BCUT2D eigenvalue weighted by Crippen LogP contribution is -2.39. The lowest BCUT2D eigenvalue weighted by atomic mass is 9.97. The Hall–Kier alpha value is -1.07. The maximum atomic E-state index is 11.5. The van der Waals surface area contributed by atoms with Crippen molar-refractivity contribution < 1.29 is 4.79 Å². The van der Waals surface area contributed by atoms with Gasteiger partial charge in [-0.3, -0.25) is 4.79 Å². The van der Waals surface area contributed by atoms with E-state index in [0.717, 1.165) is 36.1 Å². The summed E-state index contributed by atoms with van der Waals surface area (Å²) in [6, 6.07) is 5.57. The molecule has 0 spiro atoms. The molecule has 0 radical (unpaired) electrons. The number of nitrogens with zero attached hydrogens (tertiary/aromatic N) is 1. The van der Waals surface area contributed by atoms with Crippen LogP contribution >= 0.6 is 15.9 Å². The van der Waals surface area contributed by atoms with Gasteiger partial charge in [-0.1, -0.05) is 15.9 Å². The molecule has 1 unspecified atom stereocenters. The van der Waals surface area contributed by atoms with Crippen LogP contribution in [0.25, 0.3) is 0 Å². The van der Waals surface area contributed by atoms with Crippen molar-refractivity contribution in [3.63, 3.8) is 0 Å². The number of nitrogens with two attached hydrogens (primary N) is 2. The molecule has 4 N–H and O–H groups in total. The van der Waals surface area contributed by atoms with Crippen LogP contribution in [-0.4, -0.2) is 25.5 Å². The molecule has 2 rings (SSSR count). The van der Waals surface area contributed by atoms with Gasteiger partial charge < -0.3 is 16.4 Å². The number of hydrogen-bond donors (Lipinski definition) is 2. The van der Waals surface area contributed by atoms with E-state index in [4.69, 9.17) is 11.5 Å². The van der Waals surface area contributed by atoms with Crippen molar-refractivity contribution in [2.75, 3.05) is 24.5 Å². The van der Waals surface area contributed by atoms with Gasteiger partial charge in [0.1, 0.15) is 0 Å². The zero-order valence-corrected chi connectivity index (χ0v) is 11.8. The van der Waals surface area contributed by atoms with Crippen LogP contribution in [0.5, 0.6) is 0 Å². The van der Waals surface area contributed by atoms with Crippen molar-refractivity contribution >= 4 is 27.5 Å². The smallest absolute Gasteiger partial charge is 0.250 e. The number of amides is 1. The molecule has 4 nitrogen and oxygen atoms in total. The molecule has 98 valence electrons. The molecule has 1 atom stereocenters. The molecule has 1 heterocycles. The topological polar surface area (TPSA) is 72.3 Å². The van der Waals surface area contributed by atoms with Crippen molar-refractivity contribution in [2.45, 2.75) is 12.8 Å². The van der Waals surface area contributed by atoms with Gasteiger partial charge >= 0.3 is 0 Å². The maximum absolute atomic E-state index is 11.5. The van der Waals surface area contributed by atoms with Crippen molar-refractivity contribution in [3.8, 4) is 0 Å². The number of rotatable bonds is 3. The molecule has 1 aromatic rings. The van der Waals surface area contributed by atoms with E-state index in [9.17, 15) is 4.79 Å². The van der Waals surface area contributed by atoms with Crippen molar-refractivity contribution in [2.24, 2.45) is 17.4 Å². The number of hydrogen-bond acceptors (Lipinski definition) is 3. The number of anilines is 1. The van der Waals surface area contributed by atoms with E-state index < -0.39 is 0 Å². The minimum Gasteiger partial charge on any atom is -0.371 e. The molecule has 0 aliphatic carbocycles. The standard InChI is InChI=1S/C13H18BrN3O/c14-10-3-4-11(13(16)18)12(6-10)17-5-1-2-9(7-15)8-17/h3-4,6,9H,1-2,5,7-8,15H2,(H2,16,18). The van der Waals surface area contributed by atoms with E-state index in [1.807, 2.05) is 12.1 Å². The van der Waals surface area contributed by atoms with E-state index >= 15 is 0 Å². The van der Waals surface area contributed by atoms with Crippen LogP contribution in [0.1, 0.15) is 23.2 Å². The maximum Gasteiger partial charge on any atom is 0.250 e. The SMILES string of the molecule is NCC1CCCN(c2cc(Br)ccc2C(N)=O)C1. The normalized spacial score (nSPS) is 19.9. The van der Waals surface area contributed by atoms with Gasteiger partial charge in [0.15, 0.2) is 0 Å². The minimum absolute atomic E-state index is 0.382. The Labute approximate surface area is 115 Å². The number of primary amides is 1. The molecular weight excluding hydrogens is 294 g/mol. The molecule has 0 bridgehead atoms. The molecule has 1 aliphatic heterocycles. The highest BCUT2D eigenvalue weighted by atomic mass is 79.9. The second-order valence-electron chi connectivity index (χ2n) is 4.72. The predicted octanol–water partition coefficient (Wildman–Crippen LogP) is 1.72. The first-order valence-electron chi connectivity index (χ1n) is 6.16. The summed E-state index contributed by atoms with van der Waals surface area (Å²) in [5, 5.41) is 0. The summed E-state index contributed by atoms with van der Waals surface area (Å²) in [5.74, 6) is 0.117. The molecule has 1 amide bonds. The summed E-state index contributed by atoms with van der Waals surface area (Å²) in [5.41, 5.74) is 12.7. The predicted molar refractivity (Wildman–Crippen MR) is 76.7 cm³/mol. The number of halogens is 1. The molecule has 18 heavy (non-hydrogen) atoms. The van der Waals surface area contributed by atoms with Crippen LogP contribution in [0.3, 0.4) is 0 Å². The third-order valence-corrected chi connectivity index (χ3v) is 3.91. The highest BCUT2D eigenvalue weighted by Gasteiger charge is 2.22. The van der Waals surface area contributed by atoms with E-state index in [0.29, 0.717) is 18.0 Å². The Bertz CT molecular complexity index is 450. The molecule has 1 aliphatic rings. The molecular formula is C13H18BrN3O. The van der Waals surface area contributed by atoms with Gasteiger partial charge in [0.05, 0.1) is 11.3 Å². The van der Waals surface area contributed by atoms with E-state index in [2.05, 4.69) is 20.8 Å². The summed E-state index contributed by atoms with van der Waals surface area (Å²) < 4.78 is 0.956. The Balaban J connectivity index is 2.31. The second-order valence-corrected chi connectivity index (χ2v) is 5.63. The van der Waals surface area contributed by atoms with E-state index in [1.165, 1.54) is 0 Å². The molecule has 0 aromatic heterocycles. The summed E-state index contributed by atoms with van der Waals surface area (Å²) >= 11 is 3.44. The van der Waals surface area contributed by atoms with Gasteiger partial charge in [-0.2, -0.15) is 0 Å². The van der Waals surface area contributed by atoms with Gasteiger partial charge in [-0.15, -0.1) is 0 Å². The van der Waals surface area contributed by atoms with Gasteiger partial charge in [-0.25, -0.2) is 0 Å². The number of carbonyl (C=O) groups is 1. The number of piperidine rings is 1. The first-order chi connectivity index (χ1) is 8.61. The van der Waals surface area contributed by atoms with Crippen LogP contribution in [0.15, 0.2) is 22.7 Å². The van der Waals surface area contributed by atoms with Gasteiger partial charge in [-0.05, 0) is 43.5 Å². The summed E-state index contributed by atoms with van der Waals surface area (Å²) in [6.07, 6.45) is 2.26. The molecule has 1 fully saturated rings. The molecule has 5 heteroatoms. The van der Waals surface area contributed by atoms with Crippen molar-refractivity contribution in [1.82, 2.24) is 0 Å². The lowest BCUT2D eigenvalue weighted by Gasteiger charge is -2.34.